The first kappa shape index (κ1) is 20.2. The zero-order chi connectivity index (χ0) is 19.2. The van der Waals surface area contributed by atoms with E-state index in [1.54, 1.807) is 4.90 Å². The molecule has 0 aliphatic heterocycles. The molecule has 0 spiro atoms. The summed E-state index contributed by atoms with van der Waals surface area (Å²) in [4.78, 5) is 28.1. The van der Waals surface area contributed by atoms with Crippen LogP contribution in [-0.2, 0) is 9.59 Å². The normalized spacial score (nSPS) is 19.6. The van der Waals surface area contributed by atoms with Crippen molar-refractivity contribution in [3.05, 3.63) is 35.4 Å². The minimum absolute atomic E-state index is 0.0541. The van der Waals surface area contributed by atoms with Gasteiger partial charge in [-0.3, -0.25) is 9.59 Å². The van der Waals surface area contributed by atoms with Crippen molar-refractivity contribution < 1.29 is 9.59 Å². The summed E-state index contributed by atoms with van der Waals surface area (Å²) in [6, 6.07) is 7.62. The summed E-state index contributed by atoms with van der Waals surface area (Å²) < 4.78 is 0. The lowest BCUT2D eigenvalue weighted by molar-refractivity contribution is -0.142. The minimum Gasteiger partial charge on any atom is -0.351 e. The lowest BCUT2D eigenvalue weighted by Gasteiger charge is -2.37. The molecule has 0 bridgehead atoms. The first-order valence-corrected chi connectivity index (χ1v) is 10.9. The molecule has 0 saturated heterocycles. The molecule has 1 atom stereocenters. The van der Waals surface area contributed by atoms with E-state index < -0.39 is 6.04 Å². The monoisotopic (exact) mass is 390 g/mol. The average Bonchev–Trinajstić information content (AvgIpc) is 3.21. The van der Waals surface area contributed by atoms with Crippen LogP contribution >= 0.6 is 11.6 Å². The smallest absolute Gasteiger partial charge is 0.247 e. The van der Waals surface area contributed by atoms with Gasteiger partial charge in [-0.05, 0) is 43.7 Å². The van der Waals surface area contributed by atoms with E-state index in [4.69, 9.17) is 11.6 Å². The van der Waals surface area contributed by atoms with Crippen LogP contribution in [0.15, 0.2) is 24.3 Å². The zero-order valence-corrected chi connectivity index (χ0v) is 17.0. The van der Waals surface area contributed by atoms with Gasteiger partial charge in [-0.25, -0.2) is 0 Å². The number of halogens is 1. The van der Waals surface area contributed by atoms with Crippen molar-refractivity contribution in [1.29, 1.82) is 0 Å². The SMILES string of the molecule is Cc1ccccc1[C@H](C(=O)NC1CCCCC1)N(C(=O)CCl)C1CCCC1. The summed E-state index contributed by atoms with van der Waals surface area (Å²) >= 11 is 5.97. The topological polar surface area (TPSA) is 49.4 Å². The number of carbonyl (C=O) groups is 2. The molecule has 1 aromatic carbocycles. The number of aryl methyl sites for hydroxylation is 1. The Bertz CT molecular complexity index is 651. The summed E-state index contributed by atoms with van der Waals surface area (Å²) in [6.07, 6.45) is 9.71. The Morgan fingerprint density at radius 3 is 2.33 bits per heavy atom. The Balaban J connectivity index is 1.93. The van der Waals surface area contributed by atoms with Gasteiger partial charge in [0.05, 0.1) is 0 Å². The zero-order valence-electron chi connectivity index (χ0n) is 16.3. The van der Waals surface area contributed by atoms with Gasteiger partial charge in [0.15, 0.2) is 0 Å². The summed E-state index contributed by atoms with van der Waals surface area (Å²) in [7, 11) is 0. The van der Waals surface area contributed by atoms with E-state index in [-0.39, 0.29) is 29.8 Å². The second-order valence-corrected chi connectivity index (χ2v) is 8.24. The van der Waals surface area contributed by atoms with Gasteiger partial charge in [0.2, 0.25) is 11.8 Å². The quantitative estimate of drug-likeness (QED) is 0.727. The highest BCUT2D eigenvalue weighted by molar-refractivity contribution is 6.27. The molecule has 2 amide bonds. The molecule has 2 aliphatic carbocycles. The van der Waals surface area contributed by atoms with Crippen LogP contribution in [0.2, 0.25) is 0 Å². The second kappa shape index (κ2) is 9.59. The lowest BCUT2D eigenvalue weighted by Crippen LogP contribution is -2.50. The van der Waals surface area contributed by atoms with Crippen LogP contribution in [0, 0.1) is 6.92 Å². The number of alkyl halides is 1. The first-order valence-electron chi connectivity index (χ1n) is 10.3. The third-order valence-electron chi connectivity index (χ3n) is 6.08. The van der Waals surface area contributed by atoms with Crippen molar-refractivity contribution in [2.24, 2.45) is 0 Å². The van der Waals surface area contributed by atoms with E-state index in [0.29, 0.717) is 0 Å². The van der Waals surface area contributed by atoms with Crippen molar-refractivity contribution in [3.8, 4) is 0 Å². The number of hydrogen-bond donors (Lipinski definition) is 1. The van der Waals surface area contributed by atoms with E-state index in [1.807, 2.05) is 31.2 Å². The summed E-state index contributed by atoms with van der Waals surface area (Å²) in [6.45, 7) is 2.01. The van der Waals surface area contributed by atoms with Crippen molar-refractivity contribution in [2.45, 2.75) is 82.8 Å². The number of nitrogens with one attached hydrogen (secondary N) is 1. The molecule has 1 aromatic rings. The Labute approximate surface area is 167 Å². The minimum atomic E-state index is -0.595. The molecule has 5 heteroatoms. The Morgan fingerprint density at radius 1 is 1.07 bits per heavy atom. The van der Waals surface area contributed by atoms with Crippen molar-refractivity contribution >= 4 is 23.4 Å². The Kier molecular flexibility index (Phi) is 7.17. The molecule has 1 N–H and O–H groups in total. The van der Waals surface area contributed by atoms with E-state index >= 15 is 0 Å². The van der Waals surface area contributed by atoms with Crippen LogP contribution in [-0.4, -0.2) is 34.7 Å². The number of hydrogen-bond acceptors (Lipinski definition) is 2. The molecule has 0 radical (unpaired) electrons. The van der Waals surface area contributed by atoms with Crippen molar-refractivity contribution in [1.82, 2.24) is 10.2 Å². The molecule has 4 nitrogen and oxygen atoms in total. The highest BCUT2D eigenvalue weighted by Crippen LogP contribution is 2.33. The van der Waals surface area contributed by atoms with Gasteiger partial charge in [0, 0.05) is 12.1 Å². The van der Waals surface area contributed by atoms with E-state index in [1.165, 1.54) is 6.42 Å². The molecule has 0 unspecified atom stereocenters. The third-order valence-corrected chi connectivity index (χ3v) is 6.31. The van der Waals surface area contributed by atoms with Gasteiger partial charge >= 0.3 is 0 Å². The average molecular weight is 391 g/mol. The fourth-order valence-electron chi connectivity index (χ4n) is 4.65. The van der Waals surface area contributed by atoms with Crippen LogP contribution in [0.4, 0.5) is 0 Å². The van der Waals surface area contributed by atoms with Crippen LogP contribution < -0.4 is 5.32 Å². The van der Waals surface area contributed by atoms with Crippen molar-refractivity contribution in [3.63, 3.8) is 0 Å². The molecule has 2 saturated carbocycles. The molecule has 2 fully saturated rings. The second-order valence-electron chi connectivity index (χ2n) is 7.98. The number of carbonyl (C=O) groups excluding carboxylic acids is 2. The molecule has 148 valence electrons. The lowest BCUT2D eigenvalue weighted by atomic mass is 9.93. The third kappa shape index (κ3) is 4.84. The Hall–Kier alpha value is -1.55. The number of rotatable bonds is 6. The molecule has 27 heavy (non-hydrogen) atoms. The maximum Gasteiger partial charge on any atom is 0.247 e. The van der Waals surface area contributed by atoms with Gasteiger partial charge in [-0.15, -0.1) is 11.6 Å². The maximum atomic E-state index is 13.4. The van der Waals surface area contributed by atoms with Gasteiger partial charge < -0.3 is 10.2 Å². The van der Waals surface area contributed by atoms with Gasteiger partial charge in [-0.1, -0.05) is 56.4 Å². The van der Waals surface area contributed by atoms with Gasteiger partial charge in [0.1, 0.15) is 11.9 Å². The maximum absolute atomic E-state index is 13.4. The van der Waals surface area contributed by atoms with Crippen LogP contribution in [0.1, 0.15) is 75.0 Å². The van der Waals surface area contributed by atoms with Gasteiger partial charge in [0.25, 0.3) is 0 Å². The molecular weight excluding hydrogens is 360 g/mol. The fourth-order valence-corrected chi connectivity index (χ4v) is 4.79. The van der Waals surface area contributed by atoms with Crippen LogP contribution in [0.3, 0.4) is 0 Å². The largest absolute Gasteiger partial charge is 0.351 e. The van der Waals surface area contributed by atoms with E-state index in [0.717, 1.165) is 62.5 Å². The predicted octanol–water partition coefficient (Wildman–Crippen LogP) is 4.50. The molecule has 0 aromatic heterocycles. The molecule has 0 heterocycles. The standard InChI is InChI=1S/C22H31ClN2O2/c1-16-9-5-8-14-19(16)21(22(27)24-17-10-3-2-4-11-17)25(20(26)15-23)18-12-6-7-13-18/h5,8-9,14,17-18,21H,2-4,6-7,10-13,15H2,1H3,(H,24,27)/t21-/m1/s1. The Morgan fingerprint density at radius 2 is 1.70 bits per heavy atom. The molecule has 3 rings (SSSR count). The van der Waals surface area contributed by atoms with Crippen LogP contribution in [0.5, 0.6) is 0 Å². The first-order chi connectivity index (χ1) is 13.1. The van der Waals surface area contributed by atoms with Crippen molar-refractivity contribution in [2.75, 3.05) is 5.88 Å². The summed E-state index contributed by atoms with van der Waals surface area (Å²) in [5.74, 6) is -0.285. The number of amides is 2. The number of nitrogens with zero attached hydrogens (tertiary/aromatic N) is 1. The predicted molar refractivity (Wildman–Crippen MR) is 109 cm³/mol. The van der Waals surface area contributed by atoms with Gasteiger partial charge in [-0.2, -0.15) is 0 Å². The molecular formula is C22H31ClN2O2. The van der Waals surface area contributed by atoms with E-state index in [9.17, 15) is 9.59 Å². The molecule has 2 aliphatic rings. The number of benzene rings is 1. The van der Waals surface area contributed by atoms with E-state index in [2.05, 4.69) is 5.32 Å². The highest BCUT2D eigenvalue weighted by atomic mass is 35.5. The fraction of sp³-hybridized carbons (Fsp3) is 0.636. The summed E-state index contributed by atoms with van der Waals surface area (Å²) in [5.41, 5.74) is 1.95. The summed E-state index contributed by atoms with van der Waals surface area (Å²) in [5, 5.41) is 3.25. The highest BCUT2D eigenvalue weighted by Gasteiger charge is 2.38. The van der Waals surface area contributed by atoms with Crippen LogP contribution in [0.25, 0.3) is 0 Å².